The maximum absolute atomic E-state index is 13.6. The Hall–Kier alpha value is -2.01. The van der Waals surface area contributed by atoms with Gasteiger partial charge in [-0.2, -0.15) is 4.39 Å². The second-order valence-corrected chi connectivity index (χ2v) is 4.79. The first kappa shape index (κ1) is 13.0. The average molecular weight is 276 g/mol. The van der Waals surface area contributed by atoms with Crippen LogP contribution in [0, 0.1) is 11.6 Å². The van der Waals surface area contributed by atoms with Gasteiger partial charge in [0.25, 0.3) is 0 Å². The van der Waals surface area contributed by atoms with Gasteiger partial charge < -0.3 is 10.1 Å². The maximum atomic E-state index is 13.6. The minimum Gasteiger partial charge on any atom is -0.452 e. The van der Waals surface area contributed by atoms with Gasteiger partial charge >= 0.3 is 0 Å². The summed E-state index contributed by atoms with van der Waals surface area (Å²) in [4.78, 5) is 3.97. The lowest BCUT2D eigenvalue weighted by Gasteiger charge is -2.11. The number of halogens is 2. The highest BCUT2D eigenvalue weighted by molar-refractivity contribution is 5.36. The number of nitrogens with one attached hydrogen (secondary N) is 1. The van der Waals surface area contributed by atoms with Crippen molar-refractivity contribution >= 4 is 0 Å². The minimum atomic E-state index is -0.988. The van der Waals surface area contributed by atoms with E-state index in [9.17, 15) is 8.78 Å². The van der Waals surface area contributed by atoms with Crippen LogP contribution in [0.25, 0.3) is 0 Å². The molecule has 1 saturated carbocycles. The third-order valence-electron chi connectivity index (χ3n) is 3.16. The van der Waals surface area contributed by atoms with Crippen molar-refractivity contribution in [2.24, 2.45) is 0 Å². The van der Waals surface area contributed by atoms with Crippen molar-refractivity contribution in [3.8, 4) is 11.5 Å². The van der Waals surface area contributed by atoms with Gasteiger partial charge in [-0.25, -0.2) is 4.39 Å². The molecule has 1 aromatic carbocycles. The number of benzene rings is 1. The SMILES string of the molecule is Fc1cccc(Oc2cnccc2CNC2CC2)c1F. The van der Waals surface area contributed by atoms with Gasteiger partial charge in [-0.3, -0.25) is 4.98 Å². The van der Waals surface area contributed by atoms with E-state index in [0.717, 1.165) is 11.6 Å². The predicted octanol–water partition coefficient (Wildman–Crippen LogP) is 3.40. The monoisotopic (exact) mass is 276 g/mol. The lowest BCUT2D eigenvalue weighted by Crippen LogP contribution is -2.15. The van der Waals surface area contributed by atoms with Crippen LogP contribution in [-0.2, 0) is 6.54 Å². The molecule has 0 saturated heterocycles. The molecule has 0 spiro atoms. The van der Waals surface area contributed by atoms with Crippen LogP contribution in [0.5, 0.6) is 11.5 Å². The summed E-state index contributed by atoms with van der Waals surface area (Å²) in [6.45, 7) is 0.624. The Balaban J connectivity index is 1.80. The normalized spacial score (nSPS) is 14.3. The second kappa shape index (κ2) is 5.54. The van der Waals surface area contributed by atoms with Crippen LogP contribution in [0.15, 0.2) is 36.7 Å². The maximum Gasteiger partial charge on any atom is 0.201 e. The molecule has 1 aliphatic rings. The number of nitrogens with zero attached hydrogens (tertiary/aromatic N) is 1. The molecule has 5 heteroatoms. The molecule has 1 heterocycles. The van der Waals surface area contributed by atoms with Gasteiger partial charge in [0.05, 0.1) is 6.20 Å². The van der Waals surface area contributed by atoms with E-state index < -0.39 is 11.6 Å². The number of hydrogen-bond donors (Lipinski definition) is 1. The van der Waals surface area contributed by atoms with Gasteiger partial charge in [0.1, 0.15) is 5.75 Å². The van der Waals surface area contributed by atoms with Gasteiger partial charge in [0.15, 0.2) is 11.6 Å². The van der Waals surface area contributed by atoms with E-state index in [0.29, 0.717) is 18.3 Å². The number of aromatic nitrogens is 1. The fourth-order valence-corrected chi connectivity index (χ4v) is 1.87. The summed E-state index contributed by atoms with van der Waals surface area (Å²) in [6, 6.07) is 6.22. The van der Waals surface area contributed by atoms with Crippen LogP contribution in [0.4, 0.5) is 8.78 Å². The highest BCUT2D eigenvalue weighted by atomic mass is 19.2. The molecular weight excluding hydrogens is 262 g/mol. The van der Waals surface area contributed by atoms with E-state index in [1.54, 1.807) is 6.20 Å². The number of hydrogen-bond acceptors (Lipinski definition) is 3. The van der Waals surface area contributed by atoms with Gasteiger partial charge in [-0.05, 0) is 31.0 Å². The van der Waals surface area contributed by atoms with Crippen LogP contribution in [0.3, 0.4) is 0 Å². The molecule has 104 valence electrons. The lowest BCUT2D eigenvalue weighted by atomic mass is 10.2. The first-order valence-corrected chi connectivity index (χ1v) is 6.52. The topological polar surface area (TPSA) is 34.1 Å². The van der Waals surface area contributed by atoms with E-state index in [-0.39, 0.29) is 5.75 Å². The summed E-state index contributed by atoms with van der Waals surface area (Å²) in [6.07, 6.45) is 5.52. The molecule has 0 bridgehead atoms. The molecule has 0 radical (unpaired) electrons. The van der Waals surface area contributed by atoms with Gasteiger partial charge in [-0.15, -0.1) is 0 Å². The molecule has 0 amide bonds. The molecule has 1 aromatic heterocycles. The van der Waals surface area contributed by atoms with Crippen LogP contribution in [0.2, 0.25) is 0 Å². The van der Waals surface area contributed by atoms with Gasteiger partial charge in [0, 0.05) is 24.3 Å². The molecule has 2 aromatic rings. The quantitative estimate of drug-likeness (QED) is 0.908. The zero-order chi connectivity index (χ0) is 13.9. The van der Waals surface area contributed by atoms with E-state index in [2.05, 4.69) is 10.3 Å². The van der Waals surface area contributed by atoms with Gasteiger partial charge in [-0.1, -0.05) is 6.07 Å². The smallest absolute Gasteiger partial charge is 0.201 e. The van der Waals surface area contributed by atoms with Crippen molar-refractivity contribution in [3.05, 3.63) is 53.9 Å². The second-order valence-electron chi connectivity index (χ2n) is 4.79. The Kier molecular flexibility index (Phi) is 3.60. The van der Waals surface area contributed by atoms with Crippen molar-refractivity contribution in [3.63, 3.8) is 0 Å². The fourth-order valence-electron chi connectivity index (χ4n) is 1.87. The lowest BCUT2D eigenvalue weighted by molar-refractivity contribution is 0.410. The molecular formula is C15H14F2N2O. The summed E-state index contributed by atoms with van der Waals surface area (Å²) < 4.78 is 32.2. The van der Waals surface area contributed by atoms with Crippen molar-refractivity contribution in [2.75, 3.05) is 0 Å². The molecule has 3 nitrogen and oxygen atoms in total. The summed E-state index contributed by atoms with van der Waals surface area (Å²) in [5.74, 6) is -1.61. The van der Waals surface area contributed by atoms with E-state index in [4.69, 9.17) is 4.74 Å². The van der Waals surface area contributed by atoms with Crippen molar-refractivity contribution in [2.45, 2.75) is 25.4 Å². The minimum absolute atomic E-state index is 0.134. The molecule has 1 N–H and O–H groups in total. The third-order valence-corrected chi connectivity index (χ3v) is 3.16. The summed E-state index contributed by atoms with van der Waals surface area (Å²) in [7, 11) is 0. The van der Waals surface area contributed by atoms with Crippen molar-refractivity contribution in [1.82, 2.24) is 10.3 Å². The molecule has 3 rings (SSSR count). The Labute approximate surface area is 115 Å². The van der Waals surface area contributed by atoms with Crippen LogP contribution in [0.1, 0.15) is 18.4 Å². The van der Waals surface area contributed by atoms with Crippen LogP contribution >= 0.6 is 0 Å². The summed E-state index contributed by atoms with van der Waals surface area (Å²) in [5, 5.41) is 3.35. The van der Waals surface area contributed by atoms with Crippen molar-refractivity contribution < 1.29 is 13.5 Å². The molecule has 0 unspecified atom stereocenters. The molecule has 1 aliphatic carbocycles. The average Bonchev–Trinajstić information content (AvgIpc) is 3.27. The molecule has 0 atom stereocenters. The summed E-state index contributed by atoms with van der Waals surface area (Å²) >= 11 is 0. The van der Waals surface area contributed by atoms with E-state index in [1.807, 2.05) is 6.07 Å². The van der Waals surface area contributed by atoms with E-state index >= 15 is 0 Å². The third kappa shape index (κ3) is 2.93. The van der Waals surface area contributed by atoms with Crippen LogP contribution in [-0.4, -0.2) is 11.0 Å². The zero-order valence-electron chi connectivity index (χ0n) is 10.8. The zero-order valence-corrected chi connectivity index (χ0v) is 10.8. The van der Waals surface area contributed by atoms with Crippen molar-refractivity contribution in [1.29, 1.82) is 0 Å². The standard InChI is InChI=1S/C15H14F2N2O/c16-12-2-1-3-13(15(12)17)20-14-9-18-7-6-10(14)8-19-11-4-5-11/h1-3,6-7,9,11,19H,4-5,8H2. The molecule has 0 aliphatic heterocycles. The number of rotatable bonds is 5. The largest absolute Gasteiger partial charge is 0.452 e. The first-order valence-electron chi connectivity index (χ1n) is 6.52. The highest BCUT2D eigenvalue weighted by Crippen LogP contribution is 2.28. The van der Waals surface area contributed by atoms with Crippen LogP contribution < -0.4 is 10.1 Å². The fraction of sp³-hybridized carbons (Fsp3) is 0.267. The Morgan fingerprint density at radius 1 is 1.20 bits per heavy atom. The Morgan fingerprint density at radius 2 is 2.05 bits per heavy atom. The number of ether oxygens (including phenoxy) is 1. The van der Waals surface area contributed by atoms with Gasteiger partial charge in [0.2, 0.25) is 5.82 Å². The van der Waals surface area contributed by atoms with E-state index in [1.165, 1.54) is 31.2 Å². The Morgan fingerprint density at radius 3 is 2.85 bits per heavy atom. The Bertz CT molecular complexity index is 615. The molecule has 20 heavy (non-hydrogen) atoms. The first-order chi connectivity index (χ1) is 9.74. The number of pyridine rings is 1. The summed E-state index contributed by atoms with van der Waals surface area (Å²) in [5.41, 5.74) is 0.871. The highest BCUT2D eigenvalue weighted by Gasteiger charge is 2.21. The predicted molar refractivity (Wildman–Crippen MR) is 70.5 cm³/mol. The molecule has 1 fully saturated rings.